The number of fused-ring (bicyclic) bond motifs is 8. The van der Waals surface area contributed by atoms with Gasteiger partial charge in [0.1, 0.15) is 11.2 Å². The van der Waals surface area contributed by atoms with Crippen molar-refractivity contribution in [1.82, 2.24) is 0 Å². The molecule has 1 aliphatic rings. The lowest BCUT2D eigenvalue weighted by Gasteiger charge is -2.34. The molecule has 0 radical (unpaired) electrons. The lowest BCUT2D eigenvalue weighted by molar-refractivity contribution is 0.669. The van der Waals surface area contributed by atoms with Crippen LogP contribution in [0.1, 0.15) is 22.3 Å². The molecule has 12 rings (SSSR count). The van der Waals surface area contributed by atoms with Gasteiger partial charge in [-0.3, -0.25) is 0 Å². The molecule has 286 valence electrons. The van der Waals surface area contributed by atoms with E-state index in [1.165, 1.54) is 55.3 Å². The van der Waals surface area contributed by atoms with Gasteiger partial charge in [0.25, 0.3) is 0 Å². The molecule has 0 spiro atoms. The van der Waals surface area contributed by atoms with E-state index in [0.29, 0.717) is 0 Å². The molecule has 61 heavy (non-hydrogen) atoms. The summed E-state index contributed by atoms with van der Waals surface area (Å²) in [6.45, 7) is 0. The summed E-state index contributed by atoms with van der Waals surface area (Å²) in [5, 5.41) is 4.64. The minimum Gasteiger partial charge on any atom is -0.456 e. The first kappa shape index (κ1) is 35.0. The summed E-state index contributed by atoms with van der Waals surface area (Å²) in [7, 11) is 0. The molecule has 0 bridgehead atoms. The number of hydrogen-bond donors (Lipinski definition) is 0. The third kappa shape index (κ3) is 5.43. The highest BCUT2D eigenvalue weighted by Gasteiger charge is 2.46. The van der Waals surface area contributed by atoms with Crippen molar-refractivity contribution < 1.29 is 4.42 Å². The van der Waals surface area contributed by atoms with E-state index >= 15 is 0 Å². The Hall–Kier alpha value is -7.94. The molecule has 0 saturated heterocycles. The van der Waals surface area contributed by atoms with Crippen LogP contribution in [0.5, 0.6) is 0 Å². The van der Waals surface area contributed by atoms with Crippen LogP contribution in [0.15, 0.2) is 241 Å². The highest BCUT2D eigenvalue weighted by atomic mass is 16.3. The minimum absolute atomic E-state index is 0.477. The fraction of sp³-hybridized carbons (Fsp3) is 0.0169. The van der Waals surface area contributed by atoms with Crippen molar-refractivity contribution >= 4 is 49.8 Å². The maximum atomic E-state index is 6.46. The molecule has 0 aliphatic heterocycles. The monoisotopic (exact) mass is 777 g/mol. The highest BCUT2D eigenvalue weighted by Crippen LogP contribution is 2.57. The van der Waals surface area contributed by atoms with Crippen molar-refractivity contribution in [3.8, 4) is 33.4 Å². The van der Waals surface area contributed by atoms with Gasteiger partial charge in [0, 0.05) is 33.1 Å². The van der Waals surface area contributed by atoms with Crippen molar-refractivity contribution in [2.24, 2.45) is 0 Å². The van der Waals surface area contributed by atoms with Crippen molar-refractivity contribution in [3.05, 3.63) is 259 Å². The fourth-order valence-electron chi connectivity index (χ4n) is 10.2. The van der Waals surface area contributed by atoms with Gasteiger partial charge >= 0.3 is 0 Å². The highest BCUT2D eigenvalue weighted by molar-refractivity contribution is 6.23. The summed E-state index contributed by atoms with van der Waals surface area (Å²) in [6, 6.07) is 86.0. The SMILES string of the molecule is c1ccc(-c2ccc(N(c3ccc4c(c3)-c3ccccc3C4(c3ccccc3)c3ccccc3)c3ccccc3-c3cccc4ccc5oc6ccccc6c5c34)cc2)cc1. The van der Waals surface area contributed by atoms with Crippen molar-refractivity contribution in [2.75, 3.05) is 4.90 Å². The van der Waals surface area contributed by atoms with Crippen LogP contribution < -0.4 is 4.90 Å². The zero-order valence-electron chi connectivity index (χ0n) is 33.4. The van der Waals surface area contributed by atoms with Crippen LogP contribution in [0, 0.1) is 0 Å². The Morgan fingerprint density at radius 1 is 0.344 bits per heavy atom. The summed E-state index contributed by atoms with van der Waals surface area (Å²) < 4.78 is 6.46. The maximum Gasteiger partial charge on any atom is 0.136 e. The van der Waals surface area contributed by atoms with Gasteiger partial charge in [0.05, 0.1) is 11.1 Å². The van der Waals surface area contributed by atoms with E-state index in [9.17, 15) is 0 Å². The summed E-state index contributed by atoms with van der Waals surface area (Å²) in [4.78, 5) is 2.45. The number of nitrogens with zero attached hydrogens (tertiary/aromatic N) is 1. The van der Waals surface area contributed by atoms with E-state index in [-0.39, 0.29) is 0 Å². The first-order chi connectivity index (χ1) is 30.3. The Labute approximate surface area is 355 Å². The van der Waals surface area contributed by atoms with Crippen LogP contribution in [-0.2, 0) is 5.41 Å². The number of benzene rings is 10. The number of hydrogen-bond acceptors (Lipinski definition) is 2. The minimum atomic E-state index is -0.477. The van der Waals surface area contributed by atoms with E-state index < -0.39 is 5.41 Å². The van der Waals surface area contributed by atoms with Crippen molar-refractivity contribution in [1.29, 1.82) is 0 Å². The quantitative estimate of drug-likeness (QED) is 0.160. The Bertz CT molecular complexity index is 3360. The fourth-order valence-corrected chi connectivity index (χ4v) is 10.2. The van der Waals surface area contributed by atoms with Crippen LogP contribution in [-0.4, -0.2) is 0 Å². The molecule has 0 amide bonds. The smallest absolute Gasteiger partial charge is 0.136 e. The van der Waals surface area contributed by atoms with Gasteiger partial charge < -0.3 is 9.32 Å². The molecular formula is C59H39NO. The summed E-state index contributed by atoms with van der Waals surface area (Å²) in [5.74, 6) is 0. The van der Waals surface area contributed by atoms with Crippen molar-refractivity contribution in [3.63, 3.8) is 0 Å². The second-order valence-corrected chi connectivity index (χ2v) is 16.0. The molecule has 11 aromatic rings. The third-order valence-corrected chi connectivity index (χ3v) is 12.8. The first-order valence-electron chi connectivity index (χ1n) is 21.0. The van der Waals surface area contributed by atoms with Crippen LogP contribution in [0.3, 0.4) is 0 Å². The average molecular weight is 778 g/mol. The van der Waals surface area contributed by atoms with Crippen molar-refractivity contribution in [2.45, 2.75) is 5.41 Å². The van der Waals surface area contributed by atoms with Gasteiger partial charge in [0.15, 0.2) is 0 Å². The Morgan fingerprint density at radius 2 is 0.934 bits per heavy atom. The molecule has 1 aliphatic carbocycles. The van der Waals surface area contributed by atoms with Crippen LogP contribution >= 0.6 is 0 Å². The summed E-state index contributed by atoms with van der Waals surface area (Å²) in [5.41, 5.74) is 16.8. The van der Waals surface area contributed by atoms with E-state index in [2.05, 4.69) is 235 Å². The first-order valence-corrected chi connectivity index (χ1v) is 21.0. The molecule has 0 atom stereocenters. The van der Waals surface area contributed by atoms with E-state index in [4.69, 9.17) is 4.42 Å². The number of para-hydroxylation sites is 2. The molecule has 0 unspecified atom stereocenters. The molecule has 1 aromatic heterocycles. The summed E-state index contributed by atoms with van der Waals surface area (Å²) in [6.07, 6.45) is 0. The molecule has 0 saturated carbocycles. The lowest BCUT2D eigenvalue weighted by Crippen LogP contribution is -2.28. The second kappa shape index (κ2) is 14.1. The topological polar surface area (TPSA) is 16.4 Å². The molecular weight excluding hydrogens is 739 g/mol. The second-order valence-electron chi connectivity index (χ2n) is 16.0. The van der Waals surface area contributed by atoms with Gasteiger partial charge in [-0.15, -0.1) is 0 Å². The van der Waals surface area contributed by atoms with Crippen LogP contribution in [0.2, 0.25) is 0 Å². The number of rotatable bonds is 7. The van der Waals surface area contributed by atoms with Gasteiger partial charge in [-0.2, -0.15) is 0 Å². The molecule has 1 heterocycles. The summed E-state index contributed by atoms with van der Waals surface area (Å²) >= 11 is 0. The number of furan rings is 1. The van der Waals surface area contributed by atoms with Gasteiger partial charge in [0.2, 0.25) is 0 Å². The Kier molecular flexibility index (Phi) is 8.11. The van der Waals surface area contributed by atoms with E-state index in [0.717, 1.165) is 50.1 Å². The molecule has 2 heteroatoms. The normalized spacial score (nSPS) is 12.7. The van der Waals surface area contributed by atoms with E-state index in [1.807, 2.05) is 6.07 Å². The predicted octanol–water partition coefficient (Wildman–Crippen LogP) is 15.9. The third-order valence-electron chi connectivity index (χ3n) is 12.8. The van der Waals surface area contributed by atoms with Gasteiger partial charge in [-0.25, -0.2) is 0 Å². The molecule has 10 aromatic carbocycles. The van der Waals surface area contributed by atoms with Crippen LogP contribution in [0.25, 0.3) is 66.1 Å². The molecule has 2 nitrogen and oxygen atoms in total. The Morgan fingerprint density at radius 3 is 1.70 bits per heavy atom. The largest absolute Gasteiger partial charge is 0.456 e. The lowest BCUT2D eigenvalue weighted by atomic mass is 9.68. The zero-order chi connectivity index (χ0) is 40.3. The number of anilines is 3. The molecule has 0 fully saturated rings. The van der Waals surface area contributed by atoms with E-state index in [1.54, 1.807) is 0 Å². The zero-order valence-corrected chi connectivity index (χ0v) is 33.4. The predicted molar refractivity (Wildman–Crippen MR) is 254 cm³/mol. The van der Waals surface area contributed by atoms with Gasteiger partial charge in [-0.05, 0) is 97.9 Å². The maximum absolute atomic E-state index is 6.46. The Balaban J connectivity index is 1.12. The molecule has 0 N–H and O–H groups in total. The van der Waals surface area contributed by atoms with Crippen LogP contribution in [0.4, 0.5) is 17.1 Å². The average Bonchev–Trinajstić information content (AvgIpc) is 3.87. The standard InChI is InChI=1S/C59H39NO/c1-4-17-40(18-5-1)41-31-34-45(35-32-41)60(54-29-14-11-25-48(54)49-27-16-19-42-33-38-56-58(57(42)49)50-26-12-15-30-55(50)61-56)46-36-37-53-51(39-46)47-24-10-13-28-52(47)59(53,43-20-6-2-7-21-43)44-22-8-3-9-23-44/h1-39H. The van der Waals surface area contributed by atoms with Gasteiger partial charge in [-0.1, -0.05) is 194 Å².